The molecule has 0 bridgehead atoms. The van der Waals surface area contributed by atoms with Crippen LogP contribution in [0.4, 0.5) is 0 Å². The number of nitrogens with zero attached hydrogens (tertiary/aromatic N) is 1. The van der Waals surface area contributed by atoms with Crippen LogP contribution in [0.5, 0.6) is 0 Å². The van der Waals surface area contributed by atoms with E-state index in [2.05, 4.69) is 0 Å². The number of piperidine rings is 1. The van der Waals surface area contributed by atoms with E-state index in [-0.39, 0.29) is 29.8 Å². The molecule has 1 saturated heterocycles. The fraction of sp³-hybridized carbons (Fsp3) is 0.462. The van der Waals surface area contributed by atoms with Crippen molar-refractivity contribution in [1.82, 2.24) is 4.90 Å². The fourth-order valence-corrected chi connectivity index (χ4v) is 5.01. The largest absolute Gasteiger partial charge is 0.458 e. The van der Waals surface area contributed by atoms with Crippen LogP contribution in [-0.2, 0) is 14.3 Å². The van der Waals surface area contributed by atoms with E-state index in [1.165, 1.54) is 0 Å². The van der Waals surface area contributed by atoms with Gasteiger partial charge in [-0.3, -0.25) is 4.79 Å². The van der Waals surface area contributed by atoms with E-state index in [1.807, 2.05) is 74.2 Å². The molecule has 1 aliphatic heterocycles. The third-order valence-corrected chi connectivity index (χ3v) is 6.63. The van der Waals surface area contributed by atoms with Crippen LogP contribution in [0, 0.1) is 5.92 Å². The maximum atomic E-state index is 13.4. The van der Waals surface area contributed by atoms with Crippen molar-refractivity contribution in [2.75, 3.05) is 0 Å². The quantitative estimate of drug-likeness (QED) is 0.461. The molecule has 2 fully saturated rings. The molecular formula is C26H29Cl2NO3. The second kappa shape index (κ2) is 9.07. The zero-order chi connectivity index (χ0) is 23.0. The van der Waals surface area contributed by atoms with Gasteiger partial charge in [0.1, 0.15) is 11.6 Å². The van der Waals surface area contributed by atoms with Crippen LogP contribution in [0.1, 0.15) is 69.5 Å². The van der Waals surface area contributed by atoms with Crippen molar-refractivity contribution < 1.29 is 14.3 Å². The van der Waals surface area contributed by atoms with Gasteiger partial charge in [0.05, 0.1) is 6.04 Å². The number of esters is 1. The maximum absolute atomic E-state index is 13.4. The number of amides is 1. The van der Waals surface area contributed by atoms with Crippen molar-refractivity contribution in [3.8, 4) is 0 Å². The Morgan fingerprint density at radius 3 is 2.28 bits per heavy atom. The molecule has 32 heavy (non-hydrogen) atoms. The van der Waals surface area contributed by atoms with Gasteiger partial charge >= 0.3 is 5.97 Å². The Bertz CT molecular complexity index is 995. The Labute approximate surface area is 199 Å². The van der Waals surface area contributed by atoms with Crippen LogP contribution in [0.15, 0.2) is 48.5 Å². The molecular weight excluding hydrogens is 445 g/mol. The van der Waals surface area contributed by atoms with Crippen molar-refractivity contribution in [2.24, 2.45) is 5.92 Å². The van der Waals surface area contributed by atoms with Gasteiger partial charge in [-0.15, -0.1) is 0 Å². The number of hydrogen-bond acceptors (Lipinski definition) is 3. The van der Waals surface area contributed by atoms with Crippen molar-refractivity contribution >= 4 is 35.1 Å². The zero-order valence-electron chi connectivity index (χ0n) is 18.7. The Morgan fingerprint density at radius 1 is 1.00 bits per heavy atom. The molecule has 170 valence electrons. The van der Waals surface area contributed by atoms with Crippen molar-refractivity contribution in [2.45, 2.75) is 70.1 Å². The Balaban J connectivity index is 1.80. The molecule has 2 aliphatic rings. The van der Waals surface area contributed by atoms with Gasteiger partial charge in [-0.05, 0) is 81.3 Å². The minimum Gasteiger partial charge on any atom is -0.458 e. The van der Waals surface area contributed by atoms with Gasteiger partial charge in [0.15, 0.2) is 0 Å². The van der Waals surface area contributed by atoms with Gasteiger partial charge in [0, 0.05) is 22.4 Å². The van der Waals surface area contributed by atoms with E-state index in [1.54, 1.807) is 0 Å². The lowest BCUT2D eigenvalue weighted by atomic mass is 9.78. The normalized spacial score (nSPS) is 22.5. The number of likely N-dealkylation sites (tertiary alicyclic amines) is 1. The second-order valence-corrected chi connectivity index (χ2v) is 10.7. The third-order valence-electron chi connectivity index (χ3n) is 6.14. The second-order valence-electron chi connectivity index (χ2n) is 9.81. The van der Waals surface area contributed by atoms with Crippen LogP contribution in [-0.4, -0.2) is 28.4 Å². The topological polar surface area (TPSA) is 46.6 Å². The summed E-state index contributed by atoms with van der Waals surface area (Å²) >= 11 is 12.5. The molecule has 1 aliphatic carbocycles. The van der Waals surface area contributed by atoms with E-state index >= 15 is 0 Å². The van der Waals surface area contributed by atoms with Crippen molar-refractivity contribution in [1.29, 1.82) is 0 Å². The number of halogens is 2. The van der Waals surface area contributed by atoms with Crippen LogP contribution >= 0.6 is 23.2 Å². The summed E-state index contributed by atoms with van der Waals surface area (Å²) in [4.78, 5) is 28.6. The van der Waals surface area contributed by atoms with Gasteiger partial charge < -0.3 is 9.64 Å². The summed E-state index contributed by atoms with van der Waals surface area (Å²) in [6, 6.07) is 14.5. The van der Waals surface area contributed by atoms with Crippen molar-refractivity contribution in [3.63, 3.8) is 0 Å². The molecule has 0 radical (unpaired) electrons. The first-order valence-corrected chi connectivity index (χ1v) is 11.9. The SMILES string of the molecule is CC(C)(C)OC(=O)[C@H](C1CC1)N1C(=O)CC[C@H](c2cccc(Cl)c2)[C@H]1c1ccc(Cl)cc1. The van der Waals surface area contributed by atoms with Crippen LogP contribution in [0.3, 0.4) is 0 Å². The molecule has 0 spiro atoms. The average molecular weight is 474 g/mol. The summed E-state index contributed by atoms with van der Waals surface area (Å²) in [5, 5.41) is 1.29. The first-order chi connectivity index (χ1) is 15.1. The number of carbonyl (C=O) groups excluding carboxylic acids is 2. The number of carbonyl (C=O) groups is 2. The number of rotatable bonds is 5. The minimum atomic E-state index is -0.620. The highest BCUT2D eigenvalue weighted by Crippen LogP contribution is 2.48. The molecule has 4 rings (SSSR count). The first-order valence-electron chi connectivity index (χ1n) is 11.2. The minimum absolute atomic E-state index is 0.00835. The fourth-order valence-electron chi connectivity index (χ4n) is 4.69. The van der Waals surface area contributed by atoms with Gasteiger partial charge in [0.2, 0.25) is 5.91 Å². The Hall–Kier alpha value is -2.04. The van der Waals surface area contributed by atoms with Crippen molar-refractivity contribution in [3.05, 3.63) is 69.7 Å². The number of benzene rings is 2. The Morgan fingerprint density at radius 2 is 1.69 bits per heavy atom. The van der Waals surface area contributed by atoms with Crippen LogP contribution in [0.25, 0.3) is 0 Å². The zero-order valence-corrected chi connectivity index (χ0v) is 20.2. The van der Waals surface area contributed by atoms with Crippen LogP contribution < -0.4 is 0 Å². The smallest absolute Gasteiger partial charge is 0.329 e. The molecule has 6 heteroatoms. The average Bonchev–Trinajstić information content (AvgIpc) is 3.54. The van der Waals surface area contributed by atoms with Gasteiger partial charge in [-0.25, -0.2) is 4.79 Å². The summed E-state index contributed by atoms with van der Waals surface area (Å²) in [7, 11) is 0. The molecule has 4 nitrogen and oxygen atoms in total. The summed E-state index contributed by atoms with van der Waals surface area (Å²) in [5.74, 6) is -0.192. The molecule has 1 saturated carbocycles. The van der Waals surface area contributed by atoms with Gasteiger partial charge in [0.25, 0.3) is 0 Å². The highest BCUT2D eigenvalue weighted by Gasteiger charge is 2.50. The third kappa shape index (κ3) is 5.13. The summed E-state index contributed by atoms with van der Waals surface area (Å²) in [5.41, 5.74) is 1.40. The predicted molar refractivity (Wildman–Crippen MR) is 127 cm³/mol. The van der Waals surface area contributed by atoms with Gasteiger partial charge in [-0.1, -0.05) is 47.5 Å². The molecule has 2 aromatic rings. The molecule has 0 N–H and O–H groups in total. The lowest BCUT2D eigenvalue weighted by molar-refractivity contribution is -0.169. The summed E-state index contributed by atoms with van der Waals surface area (Å²) in [6.45, 7) is 5.58. The lowest BCUT2D eigenvalue weighted by Gasteiger charge is -2.45. The number of hydrogen-bond donors (Lipinski definition) is 0. The first kappa shape index (κ1) is 23.1. The van der Waals surface area contributed by atoms with E-state index in [9.17, 15) is 9.59 Å². The predicted octanol–water partition coefficient (Wildman–Crippen LogP) is 6.56. The Kier molecular flexibility index (Phi) is 6.56. The highest BCUT2D eigenvalue weighted by atomic mass is 35.5. The van der Waals surface area contributed by atoms with E-state index in [0.717, 1.165) is 24.0 Å². The highest BCUT2D eigenvalue weighted by molar-refractivity contribution is 6.30. The maximum Gasteiger partial charge on any atom is 0.329 e. The molecule has 0 unspecified atom stereocenters. The van der Waals surface area contributed by atoms with E-state index in [0.29, 0.717) is 22.9 Å². The molecule has 3 atom stereocenters. The van der Waals surface area contributed by atoms with E-state index in [4.69, 9.17) is 27.9 Å². The molecule has 0 aromatic heterocycles. The lowest BCUT2D eigenvalue weighted by Crippen LogP contribution is -2.53. The standard InChI is InChI=1S/C26H29Cl2NO3/c1-26(2,3)32-25(31)24(17-7-8-17)29-22(30)14-13-21(18-5-4-6-20(28)15-18)23(29)16-9-11-19(27)12-10-16/h4-6,9-12,15,17,21,23-24H,7-8,13-14H2,1-3H3/t21-,23-,24+/m1/s1. The van der Waals surface area contributed by atoms with Gasteiger partial charge in [-0.2, -0.15) is 0 Å². The monoisotopic (exact) mass is 473 g/mol. The summed E-state index contributed by atoms with van der Waals surface area (Å²) < 4.78 is 5.79. The molecule has 1 heterocycles. The number of ether oxygens (including phenoxy) is 1. The van der Waals surface area contributed by atoms with E-state index < -0.39 is 11.6 Å². The summed E-state index contributed by atoms with van der Waals surface area (Å²) in [6.07, 6.45) is 2.91. The molecule has 2 aromatic carbocycles. The van der Waals surface area contributed by atoms with Crippen LogP contribution in [0.2, 0.25) is 10.0 Å². The molecule has 1 amide bonds.